The lowest BCUT2D eigenvalue weighted by atomic mass is 9.95. The topological polar surface area (TPSA) is 0 Å². The molecule has 0 radical (unpaired) electrons. The molecular formula is C13H16. The Balaban J connectivity index is 3.23. The van der Waals surface area contributed by atoms with E-state index in [1.54, 1.807) is 0 Å². The second-order valence-corrected chi connectivity index (χ2v) is 3.51. The van der Waals surface area contributed by atoms with Crippen molar-refractivity contribution in [2.24, 2.45) is 0 Å². The first-order valence-electron chi connectivity index (χ1n) is 4.45. The predicted octanol–water partition coefficient (Wildman–Crippen LogP) is 3.89. The Morgan fingerprint density at radius 2 is 1.77 bits per heavy atom. The molecule has 0 heterocycles. The average Bonchev–Trinajstić information content (AvgIpc) is 2.08. The van der Waals surface area contributed by atoms with E-state index in [2.05, 4.69) is 45.2 Å². The Bertz CT molecular complexity index is 356. The van der Waals surface area contributed by atoms with Crippen molar-refractivity contribution in [1.29, 1.82) is 0 Å². The molecule has 0 amide bonds. The molecule has 0 N–H and O–H groups in total. The van der Waals surface area contributed by atoms with Crippen LogP contribution in [0.2, 0.25) is 0 Å². The Labute approximate surface area is 80.6 Å². The van der Waals surface area contributed by atoms with Gasteiger partial charge >= 0.3 is 0 Å². The first-order valence-corrected chi connectivity index (χ1v) is 4.45. The van der Waals surface area contributed by atoms with Crippen LogP contribution in [0.5, 0.6) is 0 Å². The fourth-order valence-electron chi connectivity index (χ4n) is 1.31. The molecule has 0 aliphatic carbocycles. The van der Waals surface area contributed by atoms with Crippen LogP contribution in [0.1, 0.15) is 23.6 Å². The van der Waals surface area contributed by atoms with Gasteiger partial charge in [0.1, 0.15) is 0 Å². The summed E-state index contributed by atoms with van der Waals surface area (Å²) in [5.41, 5.74) is 5.90. The molecule has 0 aromatic heterocycles. The first kappa shape index (κ1) is 9.79. The summed E-state index contributed by atoms with van der Waals surface area (Å²) in [6, 6.07) is 6.27. The van der Waals surface area contributed by atoms with Crippen LogP contribution in [-0.4, -0.2) is 0 Å². The molecule has 0 nitrogen and oxygen atoms in total. The fraction of sp³-hybridized carbons (Fsp3) is 0.231. The van der Waals surface area contributed by atoms with E-state index in [4.69, 9.17) is 0 Å². The van der Waals surface area contributed by atoms with Crippen molar-refractivity contribution in [3.63, 3.8) is 0 Å². The molecule has 0 saturated carbocycles. The van der Waals surface area contributed by atoms with Gasteiger partial charge in [0.05, 0.1) is 0 Å². The molecule has 0 saturated heterocycles. The predicted molar refractivity (Wildman–Crippen MR) is 59.8 cm³/mol. The quantitative estimate of drug-likeness (QED) is 0.594. The number of hydrogen-bond acceptors (Lipinski definition) is 0. The minimum absolute atomic E-state index is 1.04. The van der Waals surface area contributed by atoms with Crippen molar-refractivity contribution >= 4 is 5.57 Å². The number of rotatable bonds is 2. The summed E-state index contributed by atoms with van der Waals surface area (Å²) in [7, 11) is 0. The van der Waals surface area contributed by atoms with Gasteiger partial charge in [0, 0.05) is 0 Å². The largest absolute Gasteiger partial charge is 0.0955 e. The molecular weight excluding hydrogens is 156 g/mol. The summed E-state index contributed by atoms with van der Waals surface area (Å²) >= 11 is 0. The normalized spacial score (nSPS) is 9.77. The van der Waals surface area contributed by atoms with Crippen LogP contribution in [0.15, 0.2) is 36.9 Å². The van der Waals surface area contributed by atoms with E-state index >= 15 is 0 Å². The van der Waals surface area contributed by atoms with Gasteiger partial charge in [-0.25, -0.2) is 0 Å². The van der Waals surface area contributed by atoms with E-state index in [1.807, 2.05) is 6.92 Å². The third kappa shape index (κ3) is 1.89. The molecule has 0 fully saturated rings. The maximum absolute atomic E-state index is 4.03. The van der Waals surface area contributed by atoms with Crippen molar-refractivity contribution in [2.75, 3.05) is 0 Å². The molecule has 0 aliphatic heterocycles. The van der Waals surface area contributed by atoms with Crippen molar-refractivity contribution < 1.29 is 0 Å². The fourth-order valence-corrected chi connectivity index (χ4v) is 1.31. The second kappa shape index (κ2) is 3.61. The van der Waals surface area contributed by atoms with Gasteiger partial charge in [-0.05, 0) is 43.0 Å². The van der Waals surface area contributed by atoms with Crippen molar-refractivity contribution in [2.45, 2.75) is 20.8 Å². The van der Waals surface area contributed by atoms with Gasteiger partial charge in [-0.2, -0.15) is 0 Å². The minimum atomic E-state index is 1.04. The van der Waals surface area contributed by atoms with Crippen LogP contribution in [0, 0.1) is 13.8 Å². The maximum Gasteiger partial charge on any atom is -0.0156 e. The molecule has 1 rings (SSSR count). The summed E-state index contributed by atoms with van der Waals surface area (Å²) in [5, 5.41) is 0. The Morgan fingerprint density at radius 3 is 2.31 bits per heavy atom. The molecule has 0 spiro atoms. The highest BCUT2D eigenvalue weighted by molar-refractivity contribution is 5.78. The zero-order valence-electron chi connectivity index (χ0n) is 8.65. The molecule has 0 atom stereocenters. The van der Waals surface area contributed by atoms with E-state index in [-0.39, 0.29) is 0 Å². The lowest BCUT2D eigenvalue weighted by Crippen LogP contribution is -1.90. The minimum Gasteiger partial charge on any atom is -0.0955 e. The van der Waals surface area contributed by atoms with Gasteiger partial charge < -0.3 is 0 Å². The van der Waals surface area contributed by atoms with Crippen molar-refractivity contribution in [1.82, 2.24) is 0 Å². The maximum atomic E-state index is 4.03. The third-order valence-corrected chi connectivity index (χ3v) is 2.44. The molecule has 1 aromatic carbocycles. The summed E-state index contributed by atoms with van der Waals surface area (Å²) in [5.74, 6) is 0. The van der Waals surface area contributed by atoms with Gasteiger partial charge in [0.25, 0.3) is 0 Å². The van der Waals surface area contributed by atoms with Crippen molar-refractivity contribution in [3.05, 3.63) is 53.6 Å². The van der Waals surface area contributed by atoms with Crippen LogP contribution in [0.3, 0.4) is 0 Å². The van der Waals surface area contributed by atoms with Crippen LogP contribution in [0.25, 0.3) is 5.57 Å². The standard InChI is InChI=1S/C13H16/c1-9(2)11(4)13-8-6-7-10(3)12(13)5/h6-8H,1,4H2,2-3,5H3. The third-order valence-electron chi connectivity index (χ3n) is 2.44. The number of hydrogen-bond donors (Lipinski definition) is 0. The van der Waals surface area contributed by atoms with Gasteiger partial charge in [0.15, 0.2) is 0 Å². The second-order valence-electron chi connectivity index (χ2n) is 3.51. The Morgan fingerprint density at radius 1 is 1.15 bits per heavy atom. The lowest BCUT2D eigenvalue weighted by molar-refractivity contribution is 1.31. The lowest BCUT2D eigenvalue weighted by Gasteiger charge is -2.10. The molecule has 1 aromatic rings. The monoisotopic (exact) mass is 172 g/mol. The highest BCUT2D eigenvalue weighted by Crippen LogP contribution is 2.24. The zero-order chi connectivity index (χ0) is 10.0. The van der Waals surface area contributed by atoms with Gasteiger partial charge in [-0.1, -0.05) is 36.9 Å². The Hall–Kier alpha value is -1.30. The molecule has 13 heavy (non-hydrogen) atoms. The molecule has 0 heteroatoms. The molecule has 0 aliphatic rings. The van der Waals surface area contributed by atoms with Crippen molar-refractivity contribution in [3.8, 4) is 0 Å². The van der Waals surface area contributed by atoms with E-state index in [0.29, 0.717) is 0 Å². The molecule has 0 unspecified atom stereocenters. The summed E-state index contributed by atoms with van der Waals surface area (Å²) in [4.78, 5) is 0. The SMILES string of the molecule is C=C(C)C(=C)c1cccc(C)c1C. The number of benzene rings is 1. The van der Waals surface area contributed by atoms with E-state index in [1.165, 1.54) is 16.7 Å². The molecule has 0 bridgehead atoms. The summed E-state index contributed by atoms with van der Waals surface area (Å²) < 4.78 is 0. The molecule has 68 valence electrons. The van der Waals surface area contributed by atoms with Gasteiger partial charge in [0.2, 0.25) is 0 Å². The van der Waals surface area contributed by atoms with Crippen LogP contribution in [0.4, 0.5) is 0 Å². The van der Waals surface area contributed by atoms with Crippen LogP contribution in [-0.2, 0) is 0 Å². The smallest absolute Gasteiger partial charge is 0.0156 e. The van der Waals surface area contributed by atoms with E-state index in [9.17, 15) is 0 Å². The highest BCUT2D eigenvalue weighted by Gasteiger charge is 2.04. The number of allylic oxidation sites excluding steroid dienone is 2. The van der Waals surface area contributed by atoms with Crippen LogP contribution < -0.4 is 0 Å². The highest BCUT2D eigenvalue weighted by atomic mass is 14.1. The van der Waals surface area contributed by atoms with Crippen LogP contribution >= 0.6 is 0 Å². The first-order chi connectivity index (χ1) is 6.04. The van der Waals surface area contributed by atoms with E-state index < -0.39 is 0 Å². The summed E-state index contributed by atoms with van der Waals surface area (Å²) in [6.07, 6.45) is 0. The van der Waals surface area contributed by atoms with Gasteiger partial charge in [-0.3, -0.25) is 0 Å². The number of aryl methyl sites for hydroxylation is 1. The van der Waals surface area contributed by atoms with Gasteiger partial charge in [-0.15, -0.1) is 0 Å². The zero-order valence-corrected chi connectivity index (χ0v) is 8.65. The van der Waals surface area contributed by atoms with E-state index in [0.717, 1.165) is 11.1 Å². The summed E-state index contributed by atoms with van der Waals surface area (Å²) in [6.45, 7) is 14.2. The Kier molecular flexibility index (Phi) is 2.72. The average molecular weight is 172 g/mol.